The molecule has 0 amide bonds. The van der Waals surface area contributed by atoms with E-state index in [4.69, 9.17) is 14.0 Å². The molecule has 1 saturated heterocycles. The fraction of sp³-hybridized carbons (Fsp3) is 0.500. The van der Waals surface area contributed by atoms with Crippen LogP contribution in [0.15, 0.2) is 23.7 Å². The Hall–Kier alpha value is -1.50. The molecule has 1 aliphatic heterocycles. The average Bonchev–Trinajstić information content (AvgIpc) is 2.66. The summed E-state index contributed by atoms with van der Waals surface area (Å²) < 4.78 is 17.0. The SMILES string of the molecule is COc1ccc(O)c(C=C(CO)B2OC(C)(C)C(C)(C)O2)c1. The van der Waals surface area contributed by atoms with E-state index in [1.807, 2.05) is 27.7 Å². The lowest BCUT2D eigenvalue weighted by Gasteiger charge is -2.32. The molecule has 0 aromatic heterocycles. The minimum Gasteiger partial charge on any atom is -0.507 e. The molecule has 0 bridgehead atoms. The first-order chi connectivity index (χ1) is 10.2. The predicted molar refractivity (Wildman–Crippen MR) is 85.8 cm³/mol. The van der Waals surface area contributed by atoms with Crippen molar-refractivity contribution < 1.29 is 24.3 Å². The zero-order valence-corrected chi connectivity index (χ0v) is 13.7. The first-order valence-corrected chi connectivity index (χ1v) is 7.24. The number of aliphatic hydroxyl groups excluding tert-OH is 1. The summed E-state index contributed by atoms with van der Waals surface area (Å²) in [5.41, 5.74) is 0.116. The second kappa shape index (κ2) is 5.95. The normalized spacial score (nSPS) is 20.3. The van der Waals surface area contributed by atoms with Gasteiger partial charge in [0.2, 0.25) is 0 Å². The van der Waals surface area contributed by atoms with Crippen LogP contribution in [0.1, 0.15) is 33.3 Å². The van der Waals surface area contributed by atoms with Gasteiger partial charge in [-0.25, -0.2) is 0 Å². The number of aliphatic hydroxyl groups is 1. The summed E-state index contributed by atoms with van der Waals surface area (Å²) in [6.07, 6.45) is 1.67. The van der Waals surface area contributed by atoms with Crippen molar-refractivity contribution in [3.63, 3.8) is 0 Å². The van der Waals surface area contributed by atoms with Crippen molar-refractivity contribution in [1.29, 1.82) is 0 Å². The van der Waals surface area contributed by atoms with Gasteiger partial charge in [0.25, 0.3) is 0 Å². The van der Waals surface area contributed by atoms with Crippen molar-refractivity contribution in [2.75, 3.05) is 13.7 Å². The van der Waals surface area contributed by atoms with Gasteiger partial charge in [0.05, 0.1) is 24.9 Å². The van der Waals surface area contributed by atoms with Gasteiger partial charge in [-0.05, 0) is 51.4 Å². The molecule has 0 radical (unpaired) electrons. The van der Waals surface area contributed by atoms with E-state index in [9.17, 15) is 10.2 Å². The number of methoxy groups -OCH3 is 1. The second-order valence-electron chi connectivity index (χ2n) is 6.39. The maximum Gasteiger partial charge on any atom is 0.492 e. The van der Waals surface area contributed by atoms with Gasteiger partial charge in [-0.3, -0.25) is 0 Å². The Morgan fingerprint density at radius 3 is 2.32 bits per heavy atom. The molecule has 120 valence electrons. The Balaban J connectivity index is 2.33. The summed E-state index contributed by atoms with van der Waals surface area (Å²) in [6.45, 7) is 7.57. The average molecular weight is 306 g/mol. The summed E-state index contributed by atoms with van der Waals surface area (Å²) in [6, 6.07) is 4.90. The van der Waals surface area contributed by atoms with Crippen LogP contribution in [0.2, 0.25) is 0 Å². The smallest absolute Gasteiger partial charge is 0.492 e. The van der Waals surface area contributed by atoms with Gasteiger partial charge in [-0.2, -0.15) is 0 Å². The number of ether oxygens (including phenoxy) is 1. The van der Waals surface area contributed by atoms with E-state index in [1.165, 1.54) is 0 Å². The standard InChI is InChI=1S/C16H23BO5/c1-15(2)16(3,4)22-17(21-15)12(10-18)8-11-9-13(20-5)6-7-14(11)19/h6-9,18-19H,10H2,1-5H3. The Labute approximate surface area is 131 Å². The summed E-state index contributed by atoms with van der Waals surface area (Å²) in [5, 5.41) is 19.6. The maximum absolute atomic E-state index is 9.96. The van der Waals surface area contributed by atoms with Gasteiger partial charge in [-0.1, -0.05) is 6.08 Å². The maximum atomic E-state index is 9.96. The zero-order chi connectivity index (χ0) is 16.5. The lowest BCUT2D eigenvalue weighted by molar-refractivity contribution is 0.00578. The predicted octanol–water partition coefficient (Wildman–Crippen LogP) is 2.41. The number of phenolic OH excluding ortho intramolecular Hbond substituents is 1. The molecule has 0 atom stereocenters. The van der Waals surface area contributed by atoms with E-state index in [-0.39, 0.29) is 12.4 Å². The fourth-order valence-electron chi connectivity index (χ4n) is 2.16. The Kier molecular flexibility index (Phi) is 4.56. The third-order valence-corrected chi connectivity index (χ3v) is 4.31. The Bertz CT molecular complexity index is 564. The molecule has 0 saturated carbocycles. The number of benzene rings is 1. The number of hydrogen-bond donors (Lipinski definition) is 2. The third kappa shape index (κ3) is 3.14. The van der Waals surface area contributed by atoms with Crippen LogP contribution < -0.4 is 4.74 Å². The summed E-state index contributed by atoms with van der Waals surface area (Å²) in [5.74, 6) is 0.721. The lowest BCUT2D eigenvalue weighted by Crippen LogP contribution is -2.41. The van der Waals surface area contributed by atoms with Crippen LogP contribution in [-0.2, 0) is 9.31 Å². The molecule has 2 N–H and O–H groups in total. The highest BCUT2D eigenvalue weighted by Gasteiger charge is 2.52. The molecule has 0 aliphatic carbocycles. The van der Waals surface area contributed by atoms with Crippen LogP contribution in [0.5, 0.6) is 11.5 Å². The minimum absolute atomic E-state index is 0.100. The van der Waals surface area contributed by atoms with Crippen molar-refractivity contribution in [1.82, 2.24) is 0 Å². The largest absolute Gasteiger partial charge is 0.507 e. The summed E-state index contributed by atoms with van der Waals surface area (Å²) in [4.78, 5) is 0. The van der Waals surface area contributed by atoms with Crippen LogP contribution in [0.25, 0.3) is 6.08 Å². The van der Waals surface area contributed by atoms with E-state index in [0.29, 0.717) is 16.8 Å². The topological polar surface area (TPSA) is 68.2 Å². The van der Waals surface area contributed by atoms with E-state index in [1.54, 1.807) is 31.4 Å². The number of rotatable bonds is 4. The summed E-state index contributed by atoms with van der Waals surface area (Å²) in [7, 11) is 0.904. The second-order valence-corrected chi connectivity index (χ2v) is 6.39. The molecule has 1 aromatic rings. The Morgan fingerprint density at radius 1 is 1.23 bits per heavy atom. The highest BCUT2D eigenvalue weighted by atomic mass is 16.7. The minimum atomic E-state index is -0.652. The van der Waals surface area contributed by atoms with Crippen LogP contribution >= 0.6 is 0 Å². The zero-order valence-electron chi connectivity index (χ0n) is 13.7. The first kappa shape index (κ1) is 16.9. The fourth-order valence-corrected chi connectivity index (χ4v) is 2.16. The molecule has 1 heterocycles. The molecular formula is C16H23BO5. The van der Waals surface area contributed by atoms with Crippen molar-refractivity contribution in [3.05, 3.63) is 29.2 Å². The van der Waals surface area contributed by atoms with E-state index >= 15 is 0 Å². The van der Waals surface area contributed by atoms with E-state index < -0.39 is 18.3 Å². The van der Waals surface area contributed by atoms with Gasteiger partial charge in [0.15, 0.2) is 0 Å². The van der Waals surface area contributed by atoms with Crippen LogP contribution in [0, 0.1) is 0 Å². The van der Waals surface area contributed by atoms with Crippen LogP contribution in [0.3, 0.4) is 0 Å². The molecule has 2 rings (SSSR count). The molecule has 1 aromatic carbocycles. The lowest BCUT2D eigenvalue weighted by atomic mass is 9.77. The third-order valence-electron chi connectivity index (χ3n) is 4.31. The molecule has 22 heavy (non-hydrogen) atoms. The van der Waals surface area contributed by atoms with Crippen LogP contribution in [0.4, 0.5) is 0 Å². The van der Waals surface area contributed by atoms with Crippen molar-refractivity contribution in [2.45, 2.75) is 38.9 Å². The monoisotopic (exact) mass is 306 g/mol. The first-order valence-electron chi connectivity index (χ1n) is 7.24. The molecule has 1 fully saturated rings. The van der Waals surface area contributed by atoms with E-state index in [0.717, 1.165) is 0 Å². The van der Waals surface area contributed by atoms with Gasteiger partial charge < -0.3 is 24.3 Å². The number of aromatic hydroxyl groups is 1. The van der Waals surface area contributed by atoms with Crippen LogP contribution in [-0.4, -0.2) is 42.3 Å². The highest BCUT2D eigenvalue weighted by molar-refractivity contribution is 6.55. The molecule has 5 nitrogen and oxygen atoms in total. The van der Waals surface area contributed by atoms with Gasteiger partial charge in [0, 0.05) is 5.56 Å². The Morgan fingerprint density at radius 2 is 1.82 bits per heavy atom. The van der Waals surface area contributed by atoms with Gasteiger partial charge in [-0.15, -0.1) is 0 Å². The van der Waals surface area contributed by atoms with Crippen molar-refractivity contribution >= 4 is 13.2 Å². The number of phenols is 1. The quantitative estimate of drug-likeness (QED) is 0.836. The van der Waals surface area contributed by atoms with E-state index in [2.05, 4.69) is 0 Å². The van der Waals surface area contributed by atoms with Crippen molar-refractivity contribution in [2.24, 2.45) is 0 Å². The molecule has 0 spiro atoms. The van der Waals surface area contributed by atoms with Gasteiger partial charge in [0.1, 0.15) is 11.5 Å². The summed E-state index contributed by atoms with van der Waals surface area (Å²) >= 11 is 0. The van der Waals surface area contributed by atoms with Gasteiger partial charge >= 0.3 is 7.12 Å². The molecule has 1 aliphatic rings. The van der Waals surface area contributed by atoms with Crippen molar-refractivity contribution in [3.8, 4) is 11.5 Å². The highest BCUT2D eigenvalue weighted by Crippen LogP contribution is 2.39. The molecular weight excluding hydrogens is 283 g/mol. The molecule has 6 heteroatoms. The molecule has 0 unspecified atom stereocenters. The number of hydrogen-bond acceptors (Lipinski definition) is 5.